The van der Waals surface area contributed by atoms with Crippen molar-refractivity contribution in [1.82, 2.24) is 15.2 Å². The van der Waals surface area contributed by atoms with Crippen LogP contribution in [0.2, 0.25) is 0 Å². The quantitative estimate of drug-likeness (QED) is 0.873. The number of nitrogens with one attached hydrogen (secondary N) is 1. The standard InChI is InChI=1S/C13H21N3O.ClH/c1-10-3-4-13(17)12(15-10)9-16-6-5-11(8-16)7-14-2;/h3-4,11,14,17H,5-9H2,1-2H3;1H. The fraction of sp³-hybridized carbons (Fsp3) is 0.615. The van der Waals surface area contributed by atoms with E-state index < -0.39 is 0 Å². The Labute approximate surface area is 115 Å². The highest BCUT2D eigenvalue weighted by molar-refractivity contribution is 5.85. The lowest BCUT2D eigenvalue weighted by molar-refractivity contribution is 0.305. The maximum Gasteiger partial charge on any atom is 0.138 e. The van der Waals surface area contributed by atoms with Gasteiger partial charge in [-0.3, -0.25) is 9.88 Å². The third-order valence-corrected chi connectivity index (χ3v) is 3.33. The van der Waals surface area contributed by atoms with Crippen LogP contribution in [0.4, 0.5) is 0 Å². The van der Waals surface area contributed by atoms with Gasteiger partial charge in [-0.1, -0.05) is 0 Å². The van der Waals surface area contributed by atoms with E-state index in [1.807, 2.05) is 20.0 Å². The topological polar surface area (TPSA) is 48.4 Å². The van der Waals surface area contributed by atoms with Gasteiger partial charge in [0.2, 0.25) is 0 Å². The molecule has 1 unspecified atom stereocenters. The predicted octanol–water partition coefficient (Wildman–Crippen LogP) is 1.56. The van der Waals surface area contributed by atoms with Crippen LogP contribution in [-0.4, -0.2) is 41.7 Å². The van der Waals surface area contributed by atoms with Crippen LogP contribution in [0.3, 0.4) is 0 Å². The molecule has 0 radical (unpaired) electrons. The van der Waals surface area contributed by atoms with Crippen LogP contribution in [0.1, 0.15) is 17.8 Å². The monoisotopic (exact) mass is 271 g/mol. The van der Waals surface area contributed by atoms with Crippen LogP contribution in [-0.2, 0) is 6.54 Å². The summed E-state index contributed by atoms with van der Waals surface area (Å²) < 4.78 is 0. The second-order valence-corrected chi connectivity index (χ2v) is 4.87. The fourth-order valence-corrected chi connectivity index (χ4v) is 2.44. The molecule has 1 atom stereocenters. The largest absolute Gasteiger partial charge is 0.506 e. The number of hydrogen-bond donors (Lipinski definition) is 2. The molecule has 1 aromatic heterocycles. The average molecular weight is 272 g/mol. The van der Waals surface area contributed by atoms with Crippen LogP contribution in [0.5, 0.6) is 5.75 Å². The molecule has 0 bridgehead atoms. The lowest BCUT2D eigenvalue weighted by atomic mass is 10.1. The van der Waals surface area contributed by atoms with E-state index in [-0.39, 0.29) is 12.4 Å². The Morgan fingerprint density at radius 2 is 2.28 bits per heavy atom. The highest BCUT2D eigenvalue weighted by atomic mass is 35.5. The zero-order chi connectivity index (χ0) is 12.3. The number of aromatic nitrogens is 1. The second kappa shape index (κ2) is 6.92. The fourth-order valence-electron chi connectivity index (χ4n) is 2.44. The summed E-state index contributed by atoms with van der Waals surface area (Å²) in [6, 6.07) is 3.57. The summed E-state index contributed by atoms with van der Waals surface area (Å²) in [5.74, 6) is 1.04. The highest BCUT2D eigenvalue weighted by Crippen LogP contribution is 2.21. The van der Waals surface area contributed by atoms with Crippen molar-refractivity contribution in [3.63, 3.8) is 0 Å². The van der Waals surface area contributed by atoms with Gasteiger partial charge in [-0.2, -0.15) is 0 Å². The van der Waals surface area contributed by atoms with Crippen LogP contribution in [0.15, 0.2) is 12.1 Å². The maximum atomic E-state index is 9.76. The summed E-state index contributed by atoms with van der Waals surface area (Å²) in [5.41, 5.74) is 1.76. The molecule has 0 amide bonds. The molecule has 18 heavy (non-hydrogen) atoms. The first-order chi connectivity index (χ1) is 8.19. The van der Waals surface area contributed by atoms with Crippen LogP contribution >= 0.6 is 12.4 Å². The van der Waals surface area contributed by atoms with Gasteiger partial charge >= 0.3 is 0 Å². The minimum atomic E-state index is 0. The number of nitrogens with zero attached hydrogens (tertiary/aromatic N) is 2. The summed E-state index contributed by atoms with van der Waals surface area (Å²) in [5, 5.41) is 13.0. The van der Waals surface area contributed by atoms with Crippen molar-refractivity contribution >= 4 is 12.4 Å². The van der Waals surface area contributed by atoms with E-state index in [1.54, 1.807) is 6.07 Å². The van der Waals surface area contributed by atoms with Crippen molar-refractivity contribution in [2.45, 2.75) is 19.9 Å². The number of likely N-dealkylation sites (tertiary alicyclic amines) is 1. The maximum absolute atomic E-state index is 9.76. The van der Waals surface area contributed by atoms with Crippen molar-refractivity contribution < 1.29 is 5.11 Å². The van der Waals surface area contributed by atoms with E-state index in [2.05, 4.69) is 15.2 Å². The molecule has 1 fully saturated rings. The Morgan fingerprint density at radius 3 is 3.00 bits per heavy atom. The minimum Gasteiger partial charge on any atom is -0.506 e. The molecule has 2 N–H and O–H groups in total. The van der Waals surface area contributed by atoms with Crippen molar-refractivity contribution in [2.75, 3.05) is 26.7 Å². The molecule has 5 heteroatoms. The van der Waals surface area contributed by atoms with Crippen molar-refractivity contribution in [3.05, 3.63) is 23.5 Å². The Morgan fingerprint density at radius 1 is 1.50 bits per heavy atom. The summed E-state index contributed by atoms with van der Waals surface area (Å²) in [6.07, 6.45) is 1.23. The van der Waals surface area contributed by atoms with Crippen molar-refractivity contribution in [1.29, 1.82) is 0 Å². The predicted molar refractivity (Wildman–Crippen MR) is 75.2 cm³/mol. The van der Waals surface area contributed by atoms with E-state index in [4.69, 9.17) is 0 Å². The van der Waals surface area contributed by atoms with Crippen molar-refractivity contribution in [3.8, 4) is 5.75 Å². The van der Waals surface area contributed by atoms with Gasteiger partial charge in [0.15, 0.2) is 0 Å². The molecule has 1 saturated heterocycles. The van der Waals surface area contributed by atoms with Crippen LogP contribution in [0.25, 0.3) is 0 Å². The van der Waals surface area contributed by atoms with Gasteiger partial charge in [0.25, 0.3) is 0 Å². The normalized spacial score (nSPS) is 19.8. The summed E-state index contributed by atoms with van der Waals surface area (Å²) >= 11 is 0. The first-order valence-electron chi connectivity index (χ1n) is 6.21. The molecule has 102 valence electrons. The smallest absolute Gasteiger partial charge is 0.138 e. The number of hydrogen-bond acceptors (Lipinski definition) is 4. The Hall–Kier alpha value is -0.840. The van der Waals surface area contributed by atoms with Gasteiger partial charge < -0.3 is 10.4 Å². The third-order valence-electron chi connectivity index (χ3n) is 3.33. The lowest BCUT2D eigenvalue weighted by Gasteiger charge is -2.16. The molecule has 1 aliphatic heterocycles. The van der Waals surface area contributed by atoms with Gasteiger partial charge in [0.05, 0.1) is 5.69 Å². The first kappa shape index (κ1) is 15.2. The van der Waals surface area contributed by atoms with E-state index in [0.29, 0.717) is 5.75 Å². The molecule has 1 aromatic rings. The molecule has 2 heterocycles. The zero-order valence-corrected chi connectivity index (χ0v) is 11.8. The molecule has 0 aromatic carbocycles. The van der Waals surface area contributed by atoms with Gasteiger partial charge in [-0.05, 0) is 51.5 Å². The van der Waals surface area contributed by atoms with E-state index in [1.165, 1.54) is 6.42 Å². The first-order valence-corrected chi connectivity index (χ1v) is 6.21. The number of pyridine rings is 1. The van der Waals surface area contributed by atoms with Crippen molar-refractivity contribution in [2.24, 2.45) is 5.92 Å². The van der Waals surface area contributed by atoms with E-state index in [9.17, 15) is 5.11 Å². The van der Waals surface area contributed by atoms with Crippen LogP contribution < -0.4 is 5.32 Å². The Kier molecular flexibility index (Phi) is 5.85. The average Bonchev–Trinajstić information content (AvgIpc) is 2.72. The molecule has 0 spiro atoms. The molecule has 2 rings (SSSR count). The lowest BCUT2D eigenvalue weighted by Crippen LogP contribution is -2.24. The highest BCUT2D eigenvalue weighted by Gasteiger charge is 2.22. The molecule has 4 nitrogen and oxygen atoms in total. The third kappa shape index (κ3) is 3.83. The van der Waals surface area contributed by atoms with Crippen LogP contribution in [0, 0.1) is 12.8 Å². The number of halogens is 1. The van der Waals surface area contributed by atoms with Gasteiger partial charge in [-0.15, -0.1) is 12.4 Å². The summed E-state index contributed by atoms with van der Waals surface area (Å²) in [7, 11) is 2.00. The van der Waals surface area contributed by atoms with E-state index in [0.717, 1.165) is 43.5 Å². The zero-order valence-electron chi connectivity index (χ0n) is 11.0. The molecule has 0 aliphatic carbocycles. The SMILES string of the molecule is CNCC1CCN(Cc2nc(C)ccc2O)C1.Cl. The molecular weight excluding hydrogens is 250 g/mol. The summed E-state index contributed by atoms with van der Waals surface area (Å²) in [4.78, 5) is 6.76. The molecule has 1 aliphatic rings. The molecule has 0 saturated carbocycles. The molecular formula is C13H22ClN3O. The minimum absolute atomic E-state index is 0. The van der Waals surface area contributed by atoms with Gasteiger partial charge in [-0.25, -0.2) is 0 Å². The Bertz CT molecular complexity index is 386. The number of rotatable bonds is 4. The van der Waals surface area contributed by atoms with Gasteiger partial charge in [0.1, 0.15) is 5.75 Å². The summed E-state index contributed by atoms with van der Waals surface area (Å²) in [6.45, 7) is 5.98. The Balaban J connectivity index is 0.00000162. The second-order valence-electron chi connectivity index (χ2n) is 4.87. The number of aromatic hydroxyl groups is 1. The van der Waals surface area contributed by atoms with E-state index >= 15 is 0 Å². The van der Waals surface area contributed by atoms with Gasteiger partial charge in [0, 0.05) is 18.8 Å². The number of aryl methyl sites for hydroxylation is 1.